The molecule has 34 heavy (non-hydrogen) atoms. The van der Waals surface area contributed by atoms with E-state index in [9.17, 15) is 19.2 Å². The van der Waals surface area contributed by atoms with Crippen LogP contribution in [-0.4, -0.2) is 48.8 Å². The van der Waals surface area contributed by atoms with Gasteiger partial charge in [0.1, 0.15) is 6.61 Å². The van der Waals surface area contributed by atoms with Crippen molar-refractivity contribution >= 4 is 23.9 Å². The van der Waals surface area contributed by atoms with Gasteiger partial charge in [-0.05, 0) is 36.4 Å². The van der Waals surface area contributed by atoms with E-state index in [0.29, 0.717) is 5.56 Å². The molecule has 1 aliphatic rings. The first kappa shape index (κ1) is 22.7. The molecule has 2 unspecified atom stereocenters. The van der Waals surface area contributed by atoms with E-state index < -0.39 is 48.8 Å². The molecule has 1 fully saturated rings. The highest BCUT2D eigenvalue weighted by molar-refractivity contribution is 5.93. The summed E-state index contributed by atoms with van der Waals surface area (Å²) >= 11 is 0. The molecule has 3 aromatic carbocycles. The number of hydrogen-bond donors (Lipinski definition) is 0. The summed E-state index contributed by atoms with van der Waals surface area (Å²) in [5.74, 6) is -3.08. The van der Waals surface area contributed by atoms with Crippen LogP contribution in [0, 0.1) is 0 Å². The lowest BCUT2D eigenvalue weighted by molar-refractivity contribution is -0.148. The molecule has 172 valence electrons. The molecule has 3 atom stereocenters. The Kier molecular flexibility index (Phi) is 6.98. The summed E-state index contributed by atoms with van der Waals surface area (Å²) in [7, 11) is 0. The van der Waals surface area contributed by atoms with E-state index in [4.69, 9.17) is 18.9 Å². The summed E-state index contributed by atoms with van der Waals surface area (Å²) in [6.07, 6.45) is -4.02. The highest BCUT2D eigenvalue weighted by atomic mass is 16.7. The van der Waals surface area contributed by atoms with Gasteiger partial charge in [-0.1, -0.05) is 54.6 Å². The summed E-state index contributed by atoms with van der Waals surface area (Å²) in [4.78, 5) is 50.1. The van der Waals surface area contributed by atoms with Crippen molar-refractivity contribution in [3.05, 3.63) is 108 Å². The fourth-order valence-corrected chi connectivity index (χ4v) is 3.33. The van der Waals surface area contributed by atoms with E-state index in [1.165, 1.54) is 24.3 Å². The second kappa shape index (κ2) is 10.4. The zero-order chi connectivity index (χ0) is 23.9. The average Bonchev–Trinajstić information content (AvgIpc) is 3.17. The molecule has 0 N–H and O–H groups in total. The third-order valence-electron chi connectivity index (χ3n) is 5.05. The van der Waals surface area contributed by atoms with Crippen LogP contribution in [-0.2, 0) is 23.7 Å². The topological polar surface area (TPSA) is 105 Å². The van der Waals surface area contributed by atoms with Gasteiger partial charge in [0.15, 0.2) is 12.2 Å². The Bertz CT molecular complexity index is 1160. The minimum Gasteiger partial charge on any atom is -0.458 e. The number of hydrogen-bond acceptors (Lipinski definition) is 8. The number of esters is 4. The number of ether oxygens (including phenoxy) is 4. The lowest BCUT2D eigenvalue weighted by Crippen LogP contribution is -2.41. The summed E-state index contributed by atoms with van der Waals surface area (Å²) in [6.45, 7) is -0.397. The molecule has 8 heteroatoms. The van der Waals surface area contributed by atoms with Gasteiger partial charge in [-0.2, -0.15) is 0 Å². The Morgan fingerprint density at radius 1 is 0.647 bits per heavy atom. The monoisotopic (exact) mass is 460 g/mol. The zero-order valence-corrected chi connectivity index (χ0v) is 17.9. The molecule has 1 heterocycles. The predicted molar refractivity (Wildman–Crippen MR) is 118 cm³/mol. The first-order chi connectivity index (χ1) is 16.5. The molecule has 8 nitrogen and oxygen atoms in total. The summed E-state index contributed by atoms with van der Waals surface area (Å²) < 4.78 is 21.4. The Labute approximate surface area is 195 Å². The van der Waals surface area contributed by atoms with E-state index in [1.54, 1.807) is 66.7 Å². The summed E-state index contributed by atoms with van der Waals surface area (Å²) in [5, 5.41) is 0. The molecule has 0 bridgehead atoms. The smallest absolute Gasteiger partial charge is 0.352 e. The van der Waals surface area contributed by atoms with Crippen molar-refractivity contribution in [2.45, 2.75) is 18.3 Å². The van der Waals surface area contributed by atoms with E-state index in [1.807, 2.05) is 0 Å². The normalized spacial score (nSPS) is 19.1. The van der Waals surface area contributed by atoms with Crippen LogP contribution in [0.1, 0.15) is 31.1 Å². The van der Waals surface area contributed by atoms with Gasteiger partial charge in [-0.25, -0.2) is 19.2 Å². The Hall–Kier alpha value is -4.46. The lowest BCUT2D eigenvalue weighted by Gasteiger charge is -2.21. The van der Waals surface area contributed by atoms with Crippen LogP contribution in [0.5, 0.6) is 0 Å². The molecular formula is C26H20O8. The SMILES string of the molecule is O=C(OC[C@H]1OC(=O)C(OC(=O)c2ccccc2)C1OC(=O)c1ccccc1)c1ccccc1. The highest BCUT2D eigenvalue weighted by Crippen LogP contribution is 2.25. The summed E-state index contributed by atoms with van der Waals surface area (Å²) in [5.41, 5.74) is 0.745. The first-order valence-electron chi connectivity index (χ1n) is 10.5. The predicted octanol–water partition coefficient (Wildman–Crippen LogP) is 3.22. The molecule has 3 aromatic rings. The fourth-order valence-electron chi connectivity index (χ4n) is 3.33. The van der Waals surface area contributed by atoms with Crippen LogP contribution >= 0.6 is 0 Å². The molecule has 0 radical (unpaired) electrons. The zero-order valence-electron chi connectivity index (χ0n) is 17.9. The van der Waals surface area contributed by atoms with Gasteiger partial charge in [0.05, 0.1) is 16.7 Å². The van der Waals surface area contributed by atoms with Crippen molar-refractivity contribution in [1.82, 2.24) is 0 Å². The van der Waals surface area contributed by atoms with Crippen LogP contribution in [0.2, 0.25) is 0 Å². The molecule has 1 saturated heterocycles. The Morgan fingerprint density at radius 2 is 1.09 bits per heavy atom. The number of cyclic esters (lactones) is 1. The Morgan fingerprint density at radius 3 is 1.59 bits per heavy atom. The van der Waals surface area contributed by atoms with Crippen LogP contribution in [0.25, 0.3) is 0 Å². The molecule has 0 aromatic heterocycles. The van der Waals surface area contributed by atoms with Crippen LogP contribution in [0.15, 0.2) is 91.0 Å². The molecule has 1 aliphatic heterocycles. The van der Waals surface area contributed by atoms with Crippen molar-refractivity contribution < 1.29 is 38.1 Å². The van der Waals surface area contributed by atoms with Gasteiger partial charge in [-0.3, -0.25) is 0 Å². The van der Waals surface area contributed by atoms with Gasteiger partial charge in [0, 0.05) is 0 Å². The maximum atomic E-state index is 12.7. The quantitative estimate of drug-likeness (QED) is 0.391. The van der Waals surface area contributed by atoms with Gasteiger partial charge in [-0.15, -0.1) is 0 Å². The van der Waals surface area contributed by atoms with E-state index >= 15 is 0 Å². The van der Waals surface area contributed by atoms with Gasteiger partial charge < -0.3 is 18.9 Å². The molecule has 0 spiro atoms. The van der Waals surface area contributed by atoms with E-state index in [-0.39, 0.29) is 11.1 Å². The van der Waals surface area contributed by atoms with Crippen molar-refractivity contribution in [2.24, 2.45) is 0 Å². The van der Waals surface area contributed by atoms with Crippen LogP contribution < -0.4 is 0 Å². The second-order valence-corrected chi connectivity index (χ2v) is 7.37. The molecule has 4 rings (SSSR count). The number of rotatable bonds is 7. The maximum Gasteiger partial charge on any atom is 0.352 e. The third-order valence-corrected chi connectivity index (χ3v) is 5.05. The standard InChI is InChI=1S/C26H20O8/c27-23(17-10-4-1-5-11-17)31-16-20-21(33-24(28)18-12-6-2-7-13-18)22(26(30)32-20)34-25(29)19-14-8-3-9-15-19/h1-15,20-22H,16H2/t20-,21?,22?/m1/s1. The number of benzene rings is 3. The van der Waals surface area contributed by atoms with Gasteiger partial charge >= 0.3 is 23.9 Å². The maximum absolute atomic E-state index is 12.7. The van der Waals surface area contributed by atoms with E-state index in [0.717, 1.165) is 0 Å². The molecule has 0 aliphatic carbocycles. The largest absolute Gasteiger partial charge is 0.458 e. The molecule has 0 saturated carbocycles. The van der Waals surface area contributed by atoms with Crippen molar-refractivity contribution in [3.8, 4) is 0 Å². The van der Waals surface area contributed by atoms with Crippen molar-refractivity contribution in [2.75, 3.05) is 6.61 Å². The highest BCUT2D eigenvalue weighted by Gasteiger charge is 2.51. The van der Waals surface area contributed by atoms with Crippen LogP contribution in [0.3, 0.4) is 0 Å². The average molecular weight is 460 g/mol. The Balaban J connectivity index is 1.51. The van der Waals surface area contributed by atoms with Crippen molar-refractivity contribution in [1.29, 1.82) is 0 Å². The minimum absolute atomic E-state index is 0.211. The number of carbonyl (C=O) groups is 4. The fraction of sp³-hybridized carbons (Fsp3) is 0.154. The summed E-state index contributed by atoms with van der Waals surface area (Å²) in [6, 6.07) is 24.4. The second-order valence-electron chi connectivity index (χ2n) is 7.37. The third kappa shape index (κ3) is 5.29. The number of carbonyl (C=O) groups excluding carboxylic acids is 4. The van der Waals surface area contributed by atoms with Crippen LogP contribution in [0.4, 0.5) is 0 Å². The molecular weight excluding hydrogens is 440 g/mol. The minimum atomic E-state index is -1.53. The molecule has 0 amide bonds. The first-order valence-corrected chi connectivity index (χ1v) is 10.5. The lowest BCUT2D eigenvalue weighted by atomic mass is 10.1. The van der Waals surface area contributed by atoms with Crippen molar-refractivity contribution in [3.63, 3.8) is 0 Å². The van der Waals surface area contributed by atoms with Gasteiger partial charge in [0.2, 0.25) is 6.10 Å². The van der Waals surface area contributed by atoms with E-state index in [2.05, 4.69) is 0 Å². The van der Waals surface area contributed by atoms with Gasteiger partial charge in [0.25, 0.3) is 0 Å².